The molecule has 2 fully saturated rings. The van der Waals surface area contributed by atoms with Crippen molar-refractivity contribution in [1.29, 1.82) is 0 Å². The Labute approximate surface area is 421 Å². The number of rotatable bonds is 43. The van der Waals surface area contributed by atoms with E-state index in [9.17, 15) is 45.3 Å². The first kappa shape index (κ1) is 63.8. The molecule has 0 spiro atoms. The fourth-order valence-corrected chi connectivity index (χ4v) is 8.54. The van der Waals surface area contributed by atoms with Gasteiger partial charge >= 0.3 is 11.9 Å². The largest absolute Gasteiger partial charge is 0.462 e. The second-order valence-electron chi connectivity index (χ2n) is 19.4. The average Bonchev–Trinajstić information content (AvgIpc) is 3.35. The van der Waals surface area contributed by atoms with Gasteiger partial charge in [0.25, 0.3) is 0 Å². The van der Waals surface area contributed by atoms with Gasteiger partial charge in [0.05, 0.1) is 19.8 Å². The van der Waals surface area contributed by atoms with E-state index in [0.29, 0.717) is 12.8 Å². The van der Waals surface area contributed by atoms with E-state index in [4.69, 9.17) is 28.4 Å². The number of carbonyl (C=O) groups is 2. The van der Waals surface area contributed by atoms with Gasteiger partial charge in [-0.05, 0) is 70.6 Å². The molecule has 4 unspecified atom stereocenters. The Balaban J connectivity index is 1.78. The Hall–Kier alpha value is -2.28. The third-order valence-electron chi connectivity index (χ3n) is 13.1. The lowest BCUT2D eigenvalue weighted by Crippen LogP contribution is -2.61. The number of unbranched alkanes of at least 4 members (excludes halogenated alkanes) is 23. The minimum Gasteiger partial charge on any atom is -0.462 e. The van der Waals surface area contributed by atoms with Crippen molar-refractivity contribution >= 4 is 11.9 Å². The molecular formula is C55H98O15. The lowest BCUT2D eigenvalue weighted by Gasteiger charge is -2.42. The quantitative estimate of drug-likeness (QED) is 0.0173. The number of ether oxygens (including phenoxy) is 6. The van der Waals surface area contributed by atoms with Gasteiger partial charge in [-0.25, -0.2) is 0 Å². The second-order valence-corrected chi connectivity index (χ2v) is 19.4. The summed E-state index contributed by atoms with van der Waals surface area (Å²) in [5.74, 6) is -0.930. The highest BCUT2D eigenvalue weighted by molar-refractivity contribution is 5.70. The van der Waals surface area contributed by atoms with Crippen molar-refractivity contribution in [2.75, 3.05) is 26.4 Å². The molecule has 15 heteroatoms. The zero-order chi connectivity index (χ0) is 51.0. The summed E-state index contributed by atoms with van der Waals surface area (Å²) in [7, 11) is 0. The zero-order valence-electron chi connectivity index (χ0n) is 43.3. The van der Waals surface area contributed by atoms with Gasteiger partial charge < -0.3 is 64.2 Å². The molecule has 2 heterocycles. The summed E-state index contributed by atoms with van der Waals surface area (Å²) in [5.41, 5.74) is 0. The summed E-state index contributed by atoms with van der Waals surface area (Å²) in [4.78, 5) is 25.8. The summed E-state index contributed by atoms with van der Waals surface area (Å²) in [6.07, 6.45) is 28.7. The van der Waals surface area contributed by atoms with E-state index in [1.807, 2.05) is 0 Å². The molecule has 2 saturated heterocycles. The van der Waals surface area contributed by atoms with Crippen molar-refractivity contribution < 1.29 is 73.8 Å². The van der Waals surface area contributed by atoms with Crippen LogP contribution in [-0.2, 0) is 38.0 Å². The first-order chi connectivity index (χ1) is 34.0. The summed E-state index contributed by atoms with van der Waals surface area (Å²) in [6, 6.07) is 0. The maximum atomic E-state index is 13.0. The predicted molar refractivity (Wildman–Crippen MR) is 270 cm³/mol. The lowest BCUT2D eigenvalue weighted by molar-refractivity contribution is -0.332. The third kappa shape index (κ3) is 29.4. The van der Waals surface area contributed by atoms with Gasteiger partial charge in [0.15, 0.2) is 18.7 Å². The van der Waals surface area contributed by atoms with Gasteiger partial charge in [-0.1, -0.05) is 159 Å². The van der Waals surface area contributed by atoms with Crippen LogP contribution in [0.15, 0.2) is 36.5 Å². The predicted octanol–water partition coefficient (Wildman–Crippen LogP) is 8.49. The Morgan fingerprint density at radius 3 is 1.37 bits per heavy atom. The van der Waals surface area contributed by atoms with Crippen LogP contribution in [0.1, 0.15) is 206 Å². The van der Waals surface area contributed by atoms with Gasteiger partial charge in [-0.3, -0.25) is 9.59 Å². The van der Waals surface area contributed by atoms with Crippen molar-refractivity contribution in [2.45, 2.75) is 274 Å². The van der Waals surface area contributed by atoms with E-state index in [0.717, 1.165) is 64.2 Å². The zero-order valence-corrected chi connectivity index (χ0v) is 43.3. The molecule has 2 rings (SSSR count). The van der Waals surface area contributed by atoms with Crippen LogP contribution >= 0.6 is 0 Å². The molecule has 0 aromatic heterocycles. The summed E-state index contributed by atoms with van der Waals surface area (Å²) in [5, 5.41) is 72.2. The molecule has 0 saturated carbocycles. The van der Waals surface area contributed by atoms with Gasteiger partial charge in [-0.15, -0.1) is 0 Å². The number of allylic oxidation sites excluding steroid dienone is 6. The molecule has 2 aliphatic rings. The fraction of sp³-hybridized carbons (Fsp3) is 0.855. The summed E-state index contributed by atoms with van der Waals surface area (Å²) >= 11 is 0. The molecule has 0 radical (unpaired) electrons. The van der Waals surface area contributed by atoms with Crippen molar-refractivity contribution in [1.82, 2.24) is 0 Å². The average molecular weight is 999 g/mol. The van der Waals surface area contributed by atoms with Crippen molar-refractivity contribution in [3.8, 4) is 0 Å². The van der Waals surface area contributed by atoms with E-state index in [1.54, 1.807) is 0 Å². The molecule has 0 aliphatic carbocycles. The number of hydrogen-bond acceptors (Lipinski definition) is 15. The van der Waals surface area contributed by atoms with Crippen LogP contribution in [-0.4, -0.2) is 142 Å². The van der Waals surface area contributed by atoms with Crippen LogP contribution in [0.3, 0.4) is 0 Å². The molecule has 2 aliphatic heterocycles. The molecule has 0 aromatic carbocycles. The van der Waals surface area contributed by atoms with Crippen LogP contribution < -0.4 is 0 Å². The SMILES string of the molecule is CCCCC/C=C/C/C=C/CCCCCCCCCCCC(=O)O[C@H](COC(=O)CCCCCCCCC/C=C/CCCCCC)CO[C@H]1O[C@@H](CO[C@H]2O[C@@H](CO)[C@@H](O)C(O)C2O)[C@@H](O)C(O)C1O. The van der Waals surface area contributed by atoms with Crippen molar-refractivity contribution in [3.63, 3.8) is 0 Å². The van der Waals surface area contributed by atoms with Gasteiger partial charge in [0, 0.05) is 12.8 Å². The number of hydrogen-bond donors (Lipinski definition) is 7. The smallest absolute Gasteiger partial charge is 0.306 e. The molecule has 70 heavy (non-hydrogen) atoms. The number of aliphatic hydroxyl groups excluding tert-OH is 7. The molecular weight excluding hydrogens is 901 g/mol. The molecule has 7 N–H and O–H groups in total. The normalized spacial score (nSPS) is 25.6. The van der Waals surface area contributed by atoms with Crippen LogP contribution in [0.25, 0.3) is 0 Å². The Morgan fingerprint density at radius 1 is 0.457 bits per heavy atom. The topological polar surface area (TPSA) is 231 Å². The Kier molecular flexibility index (Phi) is 38.4. The third-order valence-corrected chi connectivity index (χ3v) is 13.1. The molecule has 408 valence electrons. The minimum absolute atomic E-state index is 0.160. The van der Waals surface area contributed by atoms with Gasteiger partial charge in [-0.2, -0.15) is 0 Å². The van der Waals surface area contributed by atoms with Gasteiger partial charge in [0.1, 0.15) is 55.4 Å². The lowest BCUT2D eigenvalue weighted by atomic mass is 9.98. The maximum absolute atomic E-state index is 13.0. The second kappa shape index (κ2) is 42.1. The first-order valence-corrected chi connectivity index (χ1v) is 27.6. The van der Waals surface area contributed by atoms with Crippen LogP contribution in [0.5, 0.6) is 0 Å². The minimum atomic E-state index is -1.77. The molecule has 11 atom stereocenters. The van der Waals surface area contributed by atoms with E-state index in [1.165, 1.54) is 103 Å². The monoisotopic (exact) mass is 999 g/mol. The fourth-order valence-electron chi connectivity index (χ4n) is 8.54. The highest BCUT2D eigenvalue weighted by Crippen LogP contribution is 2.26. The maximum Gasteiger partial charge on any atom is 0.306 e. The van der Waals surface area contributed by atoms with Gasteiger partial charge in [0.2, 0.25) is 0 Å². The number of aliphatic hydroxyl groups is 7. The molecule has 0 aromatic rings. The molecule has 0 amide bonds. The Bertz CT molecular complexity index is 1360. The summed E-state index contributed by atoms with van der Waals surface area (Å²) in [6.45, 7) is 2.56. The summed E-state index contributed by atoms with van der Waals surface area (Å²) < 4.78 is 33.6. The molecule has 0 bridgehead atoms. The first-order valence-electron chi connectivity index (χ1n) is 27.6. The van der Waals surface area contributed by atoms with E-state index in [2.05, 4.69) is 50.3 Å². The highest BCUT2D eigenvalue weighted by atomic mass is 16.7. The van der Waals surface area contributed by atoms with E-state index >= 15 is 0 Å². The standard InChI is InChI=1S/C55H98O15/c1-3-5-7-9-11-13-15-17-19-20-21-22-24-26-28-30-32-34-36-38-47(58)68-43(40-65-46(57)37-35-33-31-29-27-25-23-18-16-14-12-10-8-6-4-2)41-66-54-53(64)51(62)49(60)45(70-54)42-67-55-52(63)50(61)48(59)44(39-56)69-55/h11,13-14,16-17,19,43-45,48-56,59-64H,3-10,12,15,18,20-42H2,1-2H3/b13-11+,16-14+,19-17+/t43-,44+,45+,48-,49-,50?,51?,52?,53?,54+,55+/m1/s1. The number of carbonyl (C=O) groups excluding carboxylic acids is 2. The van der Waals surface area contributed by atoms with Crippen LogP contribution in [0, 0.1) is 0 Å². The van der Waals surface area contributed by atoms with Crippen LogP contribution in [0.2, 0.25) is 0 Å². The Morgan fingerprint density at radius 2 is 0.857 bits per heavy atom. The van der Waals surface area contributed by atoms with E-state index < -0.39 is 92.7 Å². The molecule has 15 nitrogen and oxygen atoms in total. The highest BCUT2D eigenvalue weighted by Gasteiger charge is 2.47. The van der Waals surface area contributed by atoms with Crippen molar-refractivity contribution in [2.24, 2.45) is 0 Å². The van der Waals surface area contributed by atoms with Crippen molar-refractivity contribution in [3.05, 3.63) is 36.5 Å². The van der Waals surface area contributed by atoms with Crippen LogP contribution in [0.4, 0.5) is 0 Å². The number of esters is 2. The van der Waals surface area contributed by atoms with E-state index in [-0.39, 0.29) is 26.1 Å².